The van der Waals surface area contributed by atoms with Crippen LogP contribution in [0.15, 0.2) is 42.5 Å². The lowest BCUT2D eigenvalue weighted by atomic mass is 10.1. The van der Waals surface area contributed by atoms with Gasteiger partial charge in [-0.1, -0.05) is 30.3 Å². The highest BCUT2D eigenvalue weighted by Gasteiger charge is 2.27. The minimum atomic E-state index is -0.812. The Morgan fingerprint density at radius 2 is 1.50 bits per heavy atom. The first kappa shape index (κ1) is 25.4. The van der Waals surface area contributed by atoms with E-state index >= 15 is 0 Å². The minimum Gasteiger partial charge on any atom is -0.493 e. The predicted octanol–water partition coefficient (Wildman–Crippen LogP) is 2.92. The first-order valence-electron chi connectivity index (χ1n) is 11.5. The lowest BCUT2D eigenvalue weighted by Gasteiger charge is -2.35. The van der Waals surface area contributed by atoms with Crippen molar-refractivity contribution in [1.82, 2.24) is 9.80 Å². The van der Waals surface area contributed by atoms with E-state index in [1.54, 1.807) is 45.3 Å². The highest BCUT2D eigenvalue weighted by atomic mass is 16.5. The number of aryl methyl sites for hydroxylation is 1. The van der Waals surface area contributed by atoms with E-state index in [1.807, 2.05) is 18.2 Å². The summed E-state index contributed by atoms with van der Waals surface area (Å²) in [5, 5.41) is 0. The monoisotopic (exact) mass is 470 g/mol. The summed E-state index contributed by atoms with van der Waals surface area (Å²) in [6.07, 6.45) is -0.247. The van der Waals surface area contributed by atoms with E-state index in [0.717, 1.165) is 25.2 Å². The van der Waals surface area contributed by atoms with Crippen molar-refractivity contribution in [3.63, 3.8) is 0 Å². The number of rotatable bonds is 10. The van der Waals surface area contributed by atoms with E-state index in [4.69, 9.17) is 18.9 Å². The molecular weight excluding hydrogens is 436 g/mol. The van der Waals surface area contributed by atoms with Gasteiger partial charge < -0.3 is 23.8 Å². The molecule has 1 aliphatic heterocycles. The number of carbonyl (C=O) groups is 2. The summed E-state index contributed by atoms with van der Waals surface area (Å²) in [6, 6.07) is 13.9. The number of esters is 1. The van der Waals surface area contributed by atoms with Crippen molar-refractivity contribution in [1.29, 1.82) is 0 Å². The number of piperazine rings is 1. The summed E-state index contributed by atoms with van der Waals surface area (Å²) in [5.74, 6) is 0.984. The van der Waals surface area contributed by atoms with Gasteiger partial charge in [-0.25, -0.2) is 0 Å². The fraction of sp³-hybridized carbons (Fsp3) is 0.462. The fourth-order valence-electron chi connectivity index (χ4n) is 4.06. The van der Waals surface area contributed by atoms with E-state index in [9.17, 15) is 9.59 Å². The molecule has 1 aliphatic rings. The average molecular weight is 471 g/mol. The van der Waals surface area contributed by atoms with Crippen LogP contribution in [-0.4, -0.2) is 75.3 Å². The average Bonchev–Trinajstić information content (AvgIpc) is 2.87. The number of hydrogen-bond donors (Lipinski definition) is 0. The van der Waals surface area contributed by atoms with Crippen LogP contribution in [0.25, 0.3) is 0 Å². The molecule has 0 saturated carbocycles. The SMILES string of the molecule is COc1cc(CCC(=O)OC(C)C(=O)N2CCN(Cc3ccccc3)CC2)cc(OC)c1OC. The van der Waals surface area contributed by atoms with Crippen LogP contribution in [0.5, 0.6) is 17.2 Å². The van der Waals surface area contributed by atoms with Crippen LogP contribution in [0.4, 0.5) is 0 Å². The first-order valence-corrected chi connectivity index (χ1v) is 11.5. The zero-order valence-corrected chi connectivity index (χ0v) is 20.4. The molecule has 8 nitrogen and oxygen atoms in total. The number of carbonyl (C=O) groups excluding carboxylic acids is 2. The van der Waals surface area contributed by atoms with Crippen LogP contribution in [0.1, 0.15) is 24.5 Å². The van der Waals surface area contributed by atoms with E-state index in [-0.39, 0.29) is 12.3 Å². The molecule has 184 valence electrons. The number of methoxy groups -OCH3 is 3. The second-order valence-corrected chi connectivity index (χ2v) is 8.25. The molecule has 0 spiro atoms. The van der Waals surface area contributed by atoms with Crippen molar-refractivity contribution in [3.05, 3.63) is 53.6 Å². The topological polar surface area (TPSA) is 77.5 Å². The molecule has 0 aliphatic carbocycles. The molecule has 2 aromatic rings. The number of nitrogens with zero attached hydrogens (tertiary/aromatic N) is 2. The van der Waals surface area contributed by atoms with Gasteiger partial charge in [0.15, 0.2) is 17.6 Å². The Balaban J connectivity index is 1.46. The van der Waals surface area contributed by atoms with Gasteiger partial charge in [0.2, 0.25) is 5.75 Å². The summed E-state index contributed by atoms with van der Waals surface area (Å²) < 4.78 is 21.5. The van der Waals surface area contributed by atoms with Crippen LogP contribution >= 0.6 is 0 Å². The molecule has 0 aromatic heterocycles. The molecule has 3 rings (SSSR count). The van der Waals surface area contributed by atoms with Crippen LogP contribution in [0, 0.1) is 0 Å². The lowest BCUT2D eigenvalue weighted by Crippen LogP contribution is -2.51. The zero-order chi connectivity index (χ0) is 24.5. The van der Waals surface area contributed by atoms with Gasteiger partial charge in [0.1, 0.15) is 0 Å². The molecule has 0 radical (unpaired) electrons. The van der Waals surface area contributed by atoms with Gasteiger partial charge >= 0.3 is 5.97 Å². The fourth-order valence-corrected chi connectivity index (χ4v) is 4.06. The van der Waals surface area contributed by atoms with Crippen molar-refractivity contribution in [3.8, 4) is 17.2 Å². The van der Waals surface area contributed by atoms with Crippen LogP contribution in [-0.2, 0) is 27.3 Å². The third-order valence-electron chi connectivity index (χ3n) is 5.93. The van der Waals surface area contributed by atoms with E-state index < -0.39 is 12.1 Å². The quantitative estimate of drug-likeness (QED) is 0.494. The van der Waals surface area contributed by atoms with Crippen LogP contribution < -0.4 is 14.2 Å². The molecule has 0 N–H and O–H groups in total. The molecule has 34 heavy (non-hydrogen) atoms. The number of benzene rings is 2. The Hall–Kier alpha value is -3.26. The van der Waals surface area contributed by atoms with Crippen molar-refractivity contribution >= 4 is 11.9 Å². The predicted molar refractivity (Wildman–Crippen MR) is 128 cm³/mol. The lowest BCUT2D eigenvalue weighted by molar-refractivity contribution is -0.159. The van der Waals surface area contributed by atoms with Gasteiger partial charge in [-0.15, -0.1) is 0 Å². The standard InChI is InChI=1S/C26H34N2O6/c1-19(26(30)28-14-12-27(13-15-28)18-20-8-6-5-7-9-20)34-24(29)11-10-21-16-22(31-2)25(33-4)23(17-21)32-3/h5-9,16-17,19H,10-15,18H2,1-4H3. The van der Waals surface area contributed by atoms with Gasteiger partial charge in [0.05, 0.1) is 21.3 Å². The van der Waals surface area contributed by atoms with Gasteiger partial charge in [-0.2, -0.15) is 0 Å². The maximum absolute atomic E-state index is 12.8. The van der Waals surface area contributed by atoms with Gasteiger partial charge in [-0.05, 0) is 36.6 Å². The van der Waals surface area contributed by atoms with E-state index in [2.05, 4.69) is 17.0 Å². The highest BCUT2D eigenvalue weighted by molar-refractivity contribution is 5.83. The second-order valence-electron chi connectivity index (χ2n) is 8.25. The summed E-state index contributed by atoms with van der Waals surface area (Å²) in [7, 11) is 4.63. The molecule has 1 unspecified atom stereocenters. The zero-order valence-electron chi connectivity index (χ0n) is 20.4. The van der Waals surface area contributed by atoms with Crippen molar-refractivity contribution in [2.75, 3.05) is 47.5 Å². The molecule has 1 heterocycles. The van der Waals surface area contributed by atoms with Crippen LogP contribution in [0.2, 0.25) is 0 Å². The molecule has 1 atom stereocenters. The Labute approximate surface area is 201 Å². The van der Waals surface area contributed by atoms with Gasteiger partial charge in [0.25, 0.3) is 5.91 Å². The molecule has 2 aromatic carbocycles. The van der Waals surface area contributed by atoms with Gasteiger partial charge in [0, 0.05) is 39.1 Å². The maximum atomic E-state index is 12.8. The normalized spacial score (nSPS) is 14.9. The third-order valence-corrected chi connectivity index (χ3v) is 5.93. The number of amides is 1. The Morgan fingerprint density at radius 1 is 0.882 bits per heavy atom. The van der Waals surface area contributed by atoms with E-state index in [1.165, 1.54) is 5.56 Å². The summed E-state index contributed by atoms with van der Waals surface area (Å²) >= 11 is 0. The molecule has 1 saturated heterocycles. The molecule has 1 fully saturated rings. The van der Waals surface area contributed by atoms with Crippen molar-refractivity contribution < 1.29 is 28.5 Å². The maximum Gasteiger partial charge on any atom is 0.306 e. The Morgan fingerprint density at radius 3 is 2.06 bits per heavy atom. The van der Waals surface area contributed by atoms with Crippen LogP contribution in [0.3, 0.4) is 0 Å². The number of hydrogen-bond acceptors (Lipinski definition) is 7. The summed E-state index contributed by atoms with van der Waals surface area (Å²) in [4.78, 5) is 29.3. The minimum absolute atomic E-state index is 0.140. The third kappa shape index (κ3) is 6.63. The Kier molecular flexibility index (Phi) is 9.16. The van der Waals surface area contributed by atoms with E-state index in [0.29, 0.717) is 36.8 Å². The van der Waals surface area contributed by atoms with Crippen molar-refractivity contribution in [2.45, 2.75) is 32.4 Å². The molecule has 0 bridgehead atoms. The Bertz CT molecular complexity index is 932. The molecule has 1 amide bonds. The van der Waals surface area contributed by atoms with Crippen molar-refractivity contribution in [2.24, 2.45) is 0 Å². The summed E-state index contributed by atoms with van der Waals surface area (Å²) in [5.41, 5.74) is 2.11. The smallest absolute Gasteiger partial charge is 0.306 e. The number of ether oxygens (including phenoxy) is 4. The van der Waals surface area contributed by atoms with Gasteiger partial charge in [-0.3, -0.25) is 14.5 Å². The summed E-state index contributed by atoms with van der Waals surface area (Å²) in [6.45, 7) is 5.34. The second kappa shape index (κ2) is 12.3. The molecule has 8 heteroatoms. The highest BCUT2D eigenvalue weighted by Crippen LogP contribution is 2.38. The first-order chi connectivity index (χ1) is 16.4. The molecular formula is C26H34N2O6. The largest absolute Gasteiger partial charge is 0.493 e.